The summed E-state index contributed by atoms with van der Waals surface area (Å²) in [6.07, 6.45) is 5.14. The fourth-order valence-corrected chi connectivity index (χ4v) is 2.32. The van der Waals surface area contributed by atoms with Gasteiger partial charge in [0, 0.05) is 6.54 Å². The molecule has 0 unspecified atom stereocenters. The Morgan fingerprint density at radius 3 is 2.39 bits per heavy atom. The van der Waals surface area contributed by atoms with Crippen molar-refractivity contribution in [1.29, 1.82) is 0 Å². The fraction of sp³-hybridized carbons (Fsp3) is 0.846. The van der Waals surface area contributed by atoms with Crippen LogP contribution in [0.4, 0.5) is 4.79 Å². The van der Waals surface area contributed by atoms with Gasteiger partial charge in [0.1, 0.15) is 6.04 Å². The number of aliphatic carboxylic acids is 1. The van der Waals surface area contributed by atoms with E-state index >= 15 is 0 Å². The summed E-state index contributed by atoms with van der Waals surface area (Å²) in [5.74, 6) is 0.350. The molecule has 1 aliphatic rings. The fourth-order valence-electron chi connectivity index (χ4n) is 2.32. The lowest BCUT2D eigenvalue weighted by atomic mass is 9.83. The van der Waals surface area contributed by atoms with Crippen LogP contribution in [0, 0.1) is 11.8 Å². The van der Waals surface area contributed by atoms with Gasteiger partial charge in [0.2, 0.25) is 0 Å². The molecule has 0 saturated heterocycles. The first-order valence-corrected chi connectivity index (χ1v) is 6.80. The number of rotatable bonds is 5. The van der Waals surface area contributed by atoms with Crippen LogP contribution in [0.3, 0.4) is 0 Å². The Morgan fingerprint density at radius 2 is 1.89 bits per heavy atom. The van der Waals surface area contributed by atoms with E-state index < -0.39 is 12.0 Å². The van der Waals surface area contributed by atoms with Gasteiger partial charge in [-0.05, 0) is 31.1 Å². The zero-order valence-electron chi connectivity index (χ0n) is 11.2. The molecule has 1 fully saturated rings. The predicted molar refractivity (Wildman–Crippen MR) is 69.4 cm³/mol. The number of amides is 2. The number of hydrogen-bond donors (Lipinski definition) is 3. The quantitative estimate of drug-likeness (QED) is 0.703. The third-order valence-electron chi connectivity index (χ3n) is 3.70. The molecule has 1 rings (SSSR count). The number of nitrogens with one attached hydrogen (secondary N) is 2. The summed E-state index contributed by atoms with van der Waals surface area (Å²) in [6, 6.07) is -1.17. The summed E-state index contributed by atoms with van der Waals surface area (Å²) in [7, 11) is 0. The van der Waals surface area contributed by atoms with Crippen LogP contribution in [0.1, 0.15) is 46.0 Å². The molecule has 2 amide bonds. The van der Waals surface area contributed by atoms with Gasteiger partial charge in [-0.2, -0.15) is 0 Å². The first-order valence-electron chi connectivity index (χ1n) is 6.80. The second kappa shape index (κ2) is 7.24. The average molecular weight is 256 g/mol. The molecule has 104 valence electrons. The first-order chi connectivity index (χ1) is 8.52. The van der Waals surface area contributed by atoms with E-state index in [1.165, 1.54) is 12.8 Å². The molecule has 3 N–H and O–H groups in total. The molecule has 1 aliphatic carbocycles. The summed E-state index contributed by atoms with van der Waals surface area (Å²) in [5, 5.41) is 14.1. The Labute approximate surface area is 108 Å². The van der Waals surface area contributed by atoms with Gasteiger partial charge < -0.3 is 15.7 Å². The molecule has 5 heteroatoms. The molecule has 0 aromatic carbocycles. The van der Waals surface area contributed by atoms with Crippen molar-refractivity contribution in [3.05, 3.63) is 0 Å². The third-order valence-corrected chi connectivity index (χ3v) is 3.70. The molecule has 1 saturated carbocycles. The molecule has 18 heavy (non-hydrogen) atoms. The molecule has 0 aromatic heterocycles. The molecular formula is C13H24N2O3. The lowest BCUT2D eigenvalue weighted by Gasteiger charge is -2.26. The topological polar surface area (TPSA) is 78.4 Å². The smallest absolute Gasteiger partial charge is 0.326 e. The van der Waals surface area contributed by atoms with Crippen molar-refractivity contribution >= 4 is 12.0 Å². The van der Waals surface area contributed by atoms with E-state index in [2.05, 4.69) is 17.6 Å². The number of carbonyl (C=O) groups excluding carboxylic acids is 1. The van der Waals surface area contributed by atoms with Gasteiger partial charge in [-0.1, -0.05) is 26.7 Å². The van der Waals surface area contributed by atoms with Crippen LogP contribution < -0.4 is 10.6 Å². The first kappa shape index (κ1) is 14.8. The Kier molecular flexibility index (Phi) is 5.95. The number of carbonyl (C=O) groups is 2. The van der Waals surface area contributed by atoms with Gasteiger partial charge in [-0.15, -0.1) is 0 Å². The van der Waals surface area contributed by atoms with E-state index in [1.54, 1.807) is 6.92 Å². The second-order valence-electron chi connectivity index (χ2n) is 5.28. The highest BCUT2D eigenvalue weighted by Gasteiger charge is 2.20. The van der Waals surface area contributed by atoms with Crippen molar-refractivity contribution in [2.24, 2.45) is 11.8 Å². The van der Waals surface area contributed by atoms with Gasteiger partial charge >= 0.3 is 12.0 Å². The van der Waals surface area contributed by atoms with Crippen molar-refractivity contribution in [2.45, 2.75) is 52.0 Å². The van der Waals surface area contributed by atoms with Crippen LogP contribution in [-0.4, -0.2) is 29.7 Å². The number of hydrogen-bond acceptors (Lipinski definition) is 2. The van der Waals surface area contributed by atoms with Gasteiger partial charge in [0.05, 0.1) is 0 Å². The van der Waals surface area contributed by atoms with Gasteiger partial charge in [-0.3, -0.25) is 0 Å². The van der Waals surface area contributed by atoms with E-state index in [1.807, 2.05) is 0 Å². The summed E-state index contributed by atoms with van der Waals surface area (Å²) in [4.78, 5) is 22.3. The SMILES string of the molecule is CC[C@H](NC(=O)NCC1CCC(C)CC1)C(=O)O. The molecule has 0 aromatic rings. The molecular weight excluding hydrogens is 232 g/mol. The van der Waals surface area contributed by atoms with Crippen molar-refractivity contribution in [1.82, 2.24) is 10.6 Å². The minimum absolute atomic E-state index is 0.372. The molecule has 0 bridgehead atoms. The van der Waals surface area contributed by atoms with Crippen molar-refractivity contribution in [2.75, 3.05) is 6.54 Å². The Balaban J connectivity index is 2.22. The third kappa shape index (κ3) is 4.94. The van der Waals surface area contributed by atoms with Crippen LogP contribution in [-0.2, 0) is 4.79 Å². The Morgan fingerprint density at radius 1 is 1.28 bits per heavy atom. The highest BCUT2D eigenvalue weighted by atomic mass is 16.4. The minimum Gasteiger partial charge on any atom is -0.480 e. The van der Waals surface area contributed by atoms with Crippen LogP contribution in [0.25, 0.3) is 0 Å². The zero-order valence-corrected chi connectivity index (χ0v) is 11.2. The Hall–Kier alpha value is -1.26. The van der Waals surface area contributed by atoms with E-state index in [0.29, 0.717) is 18.9 Å². The minimum atomic E-state index is -0.987. The normalized spacial score (nSPS) is 25.2. The van der Waals surface area contributed by atoms with E-state index in [9.17, 15) is 9.59 Å². The maximum Gasteiger partial charge on any atom is 0.326 e. The Bertz CT molecular complexity index is 286. The maximum absolute atomic E-state index is 11.5. The summed E-state index contributed by atoms with van der Waals surface area (Å²) in [6.45, 7) is 4.64. The number of urea groups is 1. The zero-order chi connectivity index (χ0) is 13.5. The standard InChI is InChI=1S/C13H24N2O3/c1-3-11(12(16)17)15-13(18)14-8-10-6-4-9(2)5-7-10/h9-11H,3-8H2,1-2H3,(H,16,17)(H2,14,15,18)/t9?,10?,11-/m0/s1. The molecule has 5 nitrogen and oxygen atoms in total. The van der Waals surface area contributed by atoms with E-state index in [4.69, 9.17) is 5.11 Å². The van der Waals surface area contributed by atoms with E-state index in [-0.39, 0.29) is 6.03 Å². The maximum atomic E-state index is 11.5. The summed E-state index contributed by atoms with van der Waals surface area (Å²) >= 11 is 0. The average Bonchev–Trinajstić information content (AvgIpc) is 2.35. The van der Waals surface area contributed by atoms with E-state index in [0.717, 1.165) is 18.8 Å². The largest absolute Gasteiger partial charge is 0.480 e. The highest BCUT2D eigenvalue weighted by Crippen LogP contribution is 2.27. The lowest BCUT2D eigenvalue weighted by Crippen LogP contribution is -2.46. The van der Waals surface area contributed by atoms with Crippen LogP contribution >= 0.6 is 0 Å². The molecule has 0 radical (unpaired) electrons. The van der Waals surface area contributed by atoms with Crippen LogP contribution in [0.5, 0.6) is 0 Å². The van der Waals surface area contributed by atoms with Crippen LogP contribution in [0.2, 0.25) is 0 Å². The highest BCUT2D eigenvalue weighted by molar-refractivity contribution is 5.82. The van der Waals surface area contributed by atoms with Crippen molar-refractivity contribution < 1.29 is 14.7 Å². The molecule has 0 heterocycles. The van der Waals surface area contributed by atoms with Crippen molar-refractivity contribution in [3.8, 4) is 0 Å². The molecule has 0 spiro atoms. The predicted octanol–water partition coefficient (Wildman–Crippen LogP) is 1.98. The van der Waals surface area contributed by atoms with Crippen LogP contribution in [0.15, 0.2) is 0 Å². The summed E-state index contributed by atoms with van der Waals surface area (Å²) < 4.78 is 0. The number of carboxylic acids is 1. The van der Waals surface area contributed by atoms with Gasteiger partial charge in [-0.25, -0.2) is 9.59 Å². The molecule has 1 atom stereocenters. The van der Waals surface area contributed by atoms with Crippen molar-refractivity contribution in [3.63, 3.8) is 0 Å². The number of carboxylic acid groups (broad SMARTS) is 1. The summed E-state index contributed by atoms with van der Waals surface area (Å²) in [5.41, 5.74) is 0. The molecule has 0 aliphatic heterocycles. The van der Waals surface area contributed by atoms with Gasteiger partial charge in [0.25, 0.3) is 0 Å². The monoisotopic (exact) mass is 256 g/mol. The lowest BCUT2D eigenvalue weighted by molar-refractivity contribution is -0.139. The van der Waals surface area contributed by atoms with Gasteiger partial charge in [0.15, 0.2) is 0 Å². The second-order valence-corrected chi connectivity index (χ2v) is 5.28.